The summed E-state index contributed by atoms with van der Waals surface area (Å²) in [6.45, 7) is 5.76. The second-order valence-electron chi connectivity index (χ2n) is 6.49. The number of nitrogens with one attached hydrogen (secondary N) is 1. The average molecular weight is 400 g/mol. The first-order valence-electron chi connectivity index (χ1n) is 6.89. The van der Waals surface area contributed by atoms with Crippen molar-refractivity contribution >= 4 is 40.3 Å². The molecule has 1 saturated heterocycles. The molecule has 2 heterocycles. The van der Waals surface area contributed by atoms with E-state index in [0.29, 0.717) is 18.7 Å². The van der Waals surface area contributed by atoms with Gasteiger partial charge in [-0.2, -0.15) is 0 Å². The van der Waals surface area contributed by atoms with Crippen molar-refractivity contribution in [2.75, 3.05) is 5.32 Å². The predicted molar refractivity (Wildman–Crippen MR) is 85.5 cm³/mol. The van der Waals surface area contributed by atoms with Crippen LogP contribution in [0.2, 0.25) is 0 Å². The van der Waals surface area contributed by atoms with Crippen LogP contribution in [0.4, 0.5) is 5.82 Å². The summed E-state index contributed by atoms with van der Waals surface area (Å²) in [5.74, 6) is -0.0811. The fraction of sp³-hybridized carbons (Fsp3) is 0.533. The fourth-order valence-electron chi connectivity index (χ4n) is 3.41. The molecule has 2 atom stereocenters. The molecule has 1 aliphatic carbocycles. The molecule has 1 N–H and O–H groups in total. The molecule has 1 aromatic rings. The van der Waals surface area contributed by atoms with Gasteiger partial charge in [0.25, 0.3) is 5.91 Å². The van der Waals surface area contributed by atoms with Gasteiger partial charge >= 0.3 is 5.97 Å². The maximum Gasteiger partial charge on any atom is 0.313 e. The first-order chi connectivity index (χ1) is 9.73. The second-order valence-corrected chi connectivity index (χ2v) is 7.74. The van der Waals surface area contributed by atoms with Gasteiger partial charge in [0.15, 0.2) is 5.60 Å². The molecule has 1 amide bonds. The van der Waals surface area contributed by atoms with Crippen LogP contribution in [-0.2, 0) is 14.3 Å². The number of ether oxygens (including phenoxy) is 1. The Kier molecular flexibility index (Phi) is 3.10. The second kappa shape index (κ2) is 4.41. The van der Waals surface area contributed by atoms with Crippen molar-refractivity contribution in [2.45, 2.75) is 39.2 Å². The Morgan fingerprint density at radius 2 is 2.05 bits per heavy atom. The number of pyridine rings is 1. The Hall–Kier alpha value is -1.18. The number of anilines is 1. The van der Waals surface area contributed by atoms with Crippen LogP contribution in [0, 0.1) is 14.4 Å². The van der Waals surface area contributed by atoms with Crippen molar-refractivity contribution < 1.29 is 14.3 Å². The van der Waals surface area contributed by atoms with Crippen molar-refractivity contribution in [3.8, 4) is 0 Å². The lowest BCUT2D eigenvalue weighted by Gasteiger charge is -2.35. The van der Waals surface area contributed by atoms with Crippen molar-refractivity contribution in [1.29, 1.82) is 0 Å². The number of carbonyl (C=O) groups is 2. The van der Waals surface area contributed by atoms with Gasteiger partial charge in [-0.1, -0.05) is 13.8 Å². The maximum atomic E-state index is 12.8. The summed E-state index contributed by atoms with van der Waals surface area (Å²) in [4.78, 5) is 29.1. The lowest BCUT2D eigenvalue weighted by atomic mass is 9.66. The summed E-state index contributed by atoms with van der Waals surface area (Å²) < 4.78 is 6.53. The summed E-state index contributed by atoms with van der Waals surface area (Å²) in [6, 6.07) is 3.61. The highest BCUT2D eigenvalue weighted by atomic mass is 127. The number of hydrogen-bond acceptors (Lipinski definition) is 4. The van der Waals surface area contributed by atoms with E-state index < -0.39 is 16.4 Å². The molecule has 2 aliphatic rings. The SMILES string of the molecule is CC1(C)[C@@]2(C(=O)Nc3ccc(I)cn3)CC[C@]1(C)C(=O)O2. The number of esters is 1. The third kappa shape index (κ3) is 1.77. The molecule has 1 saturated carbocycles. The molecular formula is C15H17IN2O3. The number of amides is 1. The summed E-state index contributed by atoms with van der Waals surface area (Å²) in [7, 11) is 0. The normalized spacial score (nSPS) is 32.9. The predicted octanol–water partition coefficient (Wildman–Crippen LogP) is 2.75. The van der Waals surface area contributed by atoms with E-state index in [1.165, 1.54) is 0 Å². The number of fused-ring (bicyclic) bond motifs is 2. The van der Waals surface area contributed by atoms with E-state index in [2.05, 4.69) is 32.9 Å². The molecule has 112 valence electrons. The number of aromatic nitrogens is 1. The highest BCUT2D eigenvalue weighted by molar-refractivity contribution is 14.1. The van der Waals surface area contributed by atoms with Crippen molar-refractivity contribution in [1.82, 2.24) is 4.98 Å². The van der Waals surface area contributed by atoms with E-state index in [9.17, 15) is 9.59 Å². The van der Waals surface area contributed by atoms with Crippen LogP contribution in [0.25, 0.3) is 0 Å². The van der Waals surface area contributed by atoms with Crippen LogP contribution >= 0.6 is 22.6 Å². The van der Waals surface area contributed by atoms with Crippen LogP contribution in [0.3, 0.4) is 0 Å². The lowest BCUT2D eigenvalue weighted by Crippen LogP contribution is -2.50. The van der Waals surface area contributed by atoms with Crippen molar-refractivity contribution in [3.63, 3.8) is 0 Å². The van der Waals surface area contributed by atoms with Crippen LogP contribution in [0.15, 0.2) is 18.3 Å². The zero-order valence-corrected chi connectivity index (χ0v) is 14.4. The highest BCUT2D eigenvalue weighted by Crippen LogP contribution is 2.65. The largest absolute Gasteiger partial charge is 0.448 e. The van der Waals surface area contributed by atoms with E-state index in [1.807, 2.05) is 26.8 Å². The minimum atomic E-state index is -1.09. The molecule has 5 nitrogen and oxygen atoms in total. The first kappa shape index (κ1) is 14.7. The molecule has 0 radical (unpaired) electrons. The number of nitrogens with zero attached hydrogens (tertiary/aromatic N) is 1. The van der Waals surface area contributed by atoms with E-state index >= 15 is 0 Å². The van der Waals surface area contributed by atoms with Gasteiger partial charge in [0.1, 0.15) is 5.82 Å². The minimum Gasteiger partial charge on any atom is -0.448 e. The molecule has 3 rings (SSSR count). The zero-order valence-electron chi connectivity index (χ0n) is 12.2. The van der Waals surface area contributed by atoms with Gasteiger partial charge in [-0.15, -0.1) is 0 Å². The van der Waals surface area contributed by atoms with Gasteiger partial charge in [0.2, 0.25) is 0 Å². The van der Waals surface area contributed by atoms with Crippen LogP contribution < -0.4 is 5.32 Å². The standard InChI is InChI=1S/C15H17IN2O3/c1-13(2)14(3)6-7-15(13,21-12(14)20)11(19)18-10-5-4-9(16)8-17-10/h4-5,8H,6-7H2,1-3H3,(H,17,18,19)/t14-,15+/m1/s1. The molecule has 0 spiro atoms. The monoisotopic (exact) mass is 400 g/mol. The minimum absolute atomic E-state index is 0.274. The number of carbonyl (C=O) groups excluding carboxylic acids is 2. The maximum absolute atomic E-state index is 12.8. The Morgan fingerprint density at radius 1 is 1.33 bits per heavy atom. The first-order valence-corrected chi connectivity index (χ1v) is 7.97. The van der Waals surface area contributed by atoms with Gasteiger partial charge in [-0.05, 0) is 54.5 Å². The molecule has 2 fully saturated rings. The summed E-state index contributed by atoms with van der Waals surface area (Å²) in [5.41, 5.74) is -2.22. The molecule has 1 aromatic heterocycles. The molecule has 21 heavy (non-hydrogen) atoms. The van der Waals surface area contributed by atoms with Gasteiger partial charge in [-0.25, -0.2) is 4.98 Å². The van der Waals surface area contributed by atoms with E-state index in [4.69, 9.17) is 4.74 Å². The summed E-state index contributed by atoms with van der Waals surface area (Å²) in [6.07, 6.45) is 2.91. The smallest absolute Gasteiger partial charge is 0.313 e. The molecule has 2 bridgehead atoms. The number of rotatable bonds is 2. The average Bonchev–Trinajstić information content (AvgIpc) is 2.72. The third-order valence-corrected chi connectivity index (χ3v) is 6.06. The fourth-order valence-corrected chi connectivity index (χ4v) is 3.73. The van der Waals surface area contributed by atoms with Gasteiger partial charge in [0, 0.05) is 15.2 Å². The van der Waals surface area contributed by atoms with Crippen LogP contribution in [0.1, 0.15) is 33.6 Å². The Bertz CT molecular complexity index is 628. The molecular weight excluding hydrogens is 383 g/mol. The summed E-state index contributed by atoms with van der Waals surface area (Å²) >= 11 is 2.15. The molecule has 0 unspecified atom stereocenters. The number of halogens is 1. The topological polar surface area (TPSA) is 68.3 Å². The molecule has 0 aromatic carbocycles. The molecule has 6 heteroatoms. The Morgan fingerprint density at radius 3 is 2.52 bits per heavy atom. The summed E-state index contributed by atoms with van der Waals surface area (Å²) in [5, 5.41) is 2.79. The Labute approximate surface area is 137 Å². The van der Waals surface area contributed by atoms with Crippen LogP contribution in [-0.4, -0.2) is 22.5 Å². The zero-order chi connectivity index (χ0) is 15.5. The van der Waals surface area contributed by atoms with E-state index in [-0.39, 0.29) is 11.9 Å². The number of hydrogen-bond donors (Lipinski definition) is 1. The van der Waals surface area contributed by atoms with Crippen molar-refractivity contribution in [2.24, 2.45) is 10.8 Å². The molecule has 1 aliphatic heterocycles. The van der Waals surface area contributed by atoms with Gasteiger partial charge in [0.05, 0.1) is 5.41 Å². The van der Waals surface area contributed by atoms with Gasteiger partial charge < -0.3 is 10.1 Å². The van der Waals surface area contributed by atoms with E-state index in [1.54, 1.807) is 12.3 Å². The van der Waals surface area contributed by atoms with E-state index in [0.717, 1.165) is 3.57 Å². The third-order valence-electron chi connectivity index (χ3n) is 5.42. The quantitative estimate of drug-likeness (QED) is 0.613. The lowest BCUT2D eigenvalue weighted by molar-refractivity contribution is -0.165. The van der Waals surface area contributed by atoms with Crippen LogP contribution in [0.5, 0.6) is 0 Å². The highest BCUT2D eigenvalue weighted by Gasteiger charge is 2.75. The van der Waals surface area contributed by atoms with Gasteiger partial charge in [-0.3, -0.25) is 9.59 Å². The Balaban J connectivity index is 1.91. The van der Waals surface area contributed by atoms with Crippen molar-refractivity contribution in [3.05, 3.63) is 21.9 Å².